The van der Waals surface area contributed by atoms with Crippen LogP contribution in [-0.4, -0.2) is 15.3 Å². The summed E-state index contributed by atoms with van der Waals surface area (Å²) in [5, 5.41) is 0. The molecule has 0 spiro atoms. The Bertz CT molecular complexity index is 907. The molecule has 0 saturated heterocycles. The summed E-state index contributed by atoms with van der Waals surface area (Å²) in [6.07, 6.45) is 7.76. The van der Waals surface area contributed by atoms with E-state index in [1.165, 1.54) is 0 Å². The fourth-order valence-electron chi connectivity index (χ4n) is 3.37. The van der Waals surface area contributed by atoms with Gasteiger partial charge in [-0.05, 0) is 52.0 Å². The van der Waals surface area contributed by atoms with Crippen molar-refractivity contribution in [1.82, 2.24) is 9.55 Å². The van der Waals surface area contributed by atoms with Gasteiger partial charge in [0.25, 0.3) is 0 Å². The predicted molar refractivity (Wildman–Crippen MR) is 103 cm³/mol. The van der Waals surface area contributed by atoms with Crippen LogP contribution in [-0.2, 0) is 13.0 Å². The van der Waals surface area contributed by atoms with E-state index < -0.39 is 0 Å². The third-order valence-corrected chi connectivity index (χ3v) is 5.58. The molecule has 5 heteroatoms. The van der Waals surface area contributed by atoms with Gasteiger partial charge in [-0.15, -0.1) is 0 Å². The average molecular weight is 411 g/mol. The number of halogens is 1. The summed E-state index contributed by atoms with van der Waals surface area (Å²) in [4.78, 5) is 16.3. The molecular formula is C21H19BrN2O2. The SMILES string of the molecule is O=C1CCCc2c1ccc(O[C@H](Cn1ccnc1)c1ccccc1)c2Br. The Morgan fingerprint density at radius 2 is 2.00 bits per heavy atom. The lowest BCUT2D eigenvalue weighted by atomic mass is 9.90. The van der Waals surface area contributed by atoms with Crippen molar-refractivity contribution in [3.8, 4) is 5.75 Å². The molecule has 1 aliphatic rings. The van der Waals surface area contributed by atoms with Crippen LogP contribution < -0.4 is 4.74 Å². The molecule has 1 aromatic heterocycles. The summed E-state index contributed by atoms with van der Waals surface area (Å²) >= 11 is 3.68. The number of hydrogen-bond donors (Lipinski definition) is 0. The number of Topliss-reactive ketones (excluding diaryl/α,β-unsaturated/α-hetero) is 1. The van der Waals surface area contributed by atoms with Gasteiger partial charge < -0.3 is 9.30 Å². The Morgan fingerprint density at radius 1 is 1.15 bits per heavy atom. The lowest BCUT2D eigenvalue weighted by Crippen LogP contribution is -2.16. The molecule has 1 atom stereocenters. The van der Waals surface area contributed by atoms with Crippen molar-refractivity contribution in [1.29, 1.82) is 0 Å². The minimum atomic E-state index is -0.154. The monoisotopic (exact) mass is 410 g/mol. The normalized spacial score (nSPS) is 14.7. The maximum atomic E-state index is 12.1. The first kappa shape index (κ1) is 17.0. The van der Waals surface area contributed by atoms with Crippen LogP contribution in [0.2, 0.25) is 0 Å². The van der Waals surface area contributed by atoms with Crippen molar-refractivity contribution in [2.24, 2.45) is 0 Å². The van der Waals surface area contributed by atoms with Crippen LogP contribution in [0.25, 0.3) is 0 Å². The third kappa shape index (κ3) is 3.44. The summed E-state index contributed by atoms with van der Waals surface area (Å²) < 4.78 is 9.30. The van der Waals surface area contributed by atoms with Gasteiger partial charge in [0.1, 0.15) is 11.9 Å². The molecule has 0 fully saturated rings. The topological polar surface area (TPSA) is 44.1 Å². The molecule has 0 unspecified atom stereocenters. The van der Waals surface area contributed by atoms with E-state index in [0.29, 0.717) is 13.0 Å². The zero-order valence-corrected chi connectivity index (χ0v) is 15.9. The number of ketones is 1. The number of carbonyl (C=O) groups is 1. The van der Waals surface area contributed by atoms with E-state index in [1.54, 1.807) is 12.5 Å². The lowest BCUT2D eigenvalue weighted by Gasteiger charge is -2.23. The van der Waals surface area contributed by atoms with Crippen molar-refractivity contribution in [2.45, 2.75) is 31.9 Å². The number of hydrogen-bond acceptors (Lipinski definition) is 3. The lowest BCUT2D eigenvalue weighted by molar-refractivity contribution is 0.0972. The molecular weight excluding hydrogens is 392 g/mol. The van der Waals surface area contributed by atoms with E-state index in [-0.39, 0.29) is 11.9 Å². The molecule has 3 aromatic rings. The molecule has 0 radical (unpaired) electrons. The second kappa shape index (κ2) is 7.46. The smallest absolute Gasteiger partial charge is 0.163 e. The standard InChI is InChI=1S/C21H19BrN2O2/c22-21-17-7-4-8-18(25)16(17)9-10-19(21)26-20(13-24-12-11-23-14-24)15-5-2-1-3-6-15/h1-3,5-6,9-12,14,20H,4,7-8,13H2/t20-/m1/s1. The molecule has 26 heavy (non-hydrogen) atoms. The van der Waals surface area contributed by atoms with E-state index in [2.05, 4.69) is 33.0 Å². The highest BCUT2D eigenvalue weighted by Gasteiger charge is 2.23. The summed E-state index contributed by atoms with van der Waals surface area (Å²) in [6, 6.07) is 14.0. The van der Waals surface area contributed by atoms with Crippen LogP contribution in [0.15, 0.2) is 65.7 Å². The third-order valence-electron chi connectivity index (χ3n) is 4.72. The number of aromatic nitrogens is 2. The molecule has 1 heterocycles. The maximum absolute atomic E-state index is 12.1. The van der Waals surface area contributed by atoms with Crippen LogP contribution in [0.5, 0.6) is 5.75 Å². The molecule has 2 aromatic carbocycles. The van der Waals surface area contributed by atoms with Crippen LogP contribution >= 0.6 is 15.9 Å². The summed E-state index contributed by atoms with van der Waals surface area (Å²) in [5.41, 5.74) is 2.98. The fourth-order valence-corrected chi connectivity index (χ4v) is 4.01. The molecule has 0 amide bonds. The van der Waals surface area contributed by atoms with Crippen LogP contribution in [0.4, 0.5) is 0 Å². The number of imidazole rings is 1. The van der Waals surface area contributed by atoms with Crippen molar-refractivity contribution in [2.75, 3.05) is 0 Å². The Hall–Kier alpha value is -2.40. The maximum Gasteiger partial charge on any atom is 0.163 e. The number of ether oxygens (including phenoxy) is 1. The molecule has 0 aliphatic heterocycles. The van der Waals surface area contributed by atoms with Gasteiger partial charge >= 0.3 is 0 Å². The minimum Gasteiger partial charge on any atom is -0.483 e. The molecule has 4 rings (SSSR count). The highest BCUT2D eigenvalue weighted by molar-refractivity contribution is 9.10. The van der Waals surface area contributed by atoms with Crippen molar-refractivity contribution in [3.63, 3.8) is 0 Å². The predicted octanol–water partition coefficient (Wildman–Crippen LogP) is 4.98. The Labute approximate surface area is 161 Å². The van der Waals surface area contributed by atoms with E-state index >= 15 is 0 Å². The Balaban J connectivity index is 1.66. The number of benzene rings is 2. The fraction of sp³-hybridized carbons (Fsp3) is 0.238. The average Bonchev–Trinajstić information content (AvgIpc) is 3.18. The van der Waals surface area contributed by atoms with Gasteiger partial charge in [0, 0.05) is 24.4 Å². The highest BCUT2D eigenvalue weighted by Crippen LogP contribution is 2.37. The molecule has 0 bridgehead atoms. The zero-order chi connectivity index (χ0) is 17.9. The van der Waals surface area contributed by atoms with Crippen LogP contribution in [0.1, 0.15) is 40.4 Å². The Morgan fingerprint density at radius 3 is 2.77 bits per heavy atom. The van der Waals surface area contributed by atoms with Crippen LogP contribution in [0.3, 0.4) is 0 Å². The van der Waals surface area contributed by atoms with Crippen molar-refractivity contribution < 1.29 is 9.53 Å². The number of rotatable bonds is 5. The molecule has 1 aliphatic carbocycles. The number of nitrogens with zero attached hydrogens (tertiary/aromatic N) is 2. The van der Waals surface area contributed by atoms with Gasteiger partial charge in [-0.1, -0.05) is 30.3 Å². The van der Waals surface area contributed by atoms with Gasteiger partial charge in [0.15, 0.2) is 5.78 Å². The van der Waals surface area contributed by atoms with E-state index in [9.17, 15) is 4.79 Å². The molecule has 132 valence electrons. The first-order valence-electron chi connectivity index (χ1n) is 8.74. The molecule has 0 saturated carbocycles. The molecule has 4 nitrogen and oxygen atoms in total. The van der Waals surface area contributed by atoms with Crippen LogP contribution in [0, 0.1) is 0 Å². The second-order valence-corrected chi connectivity index (χ2v) is 7.25. The van der Waals surface area contributed by atoms with Gasteiger partial charge in [-0.3, -0.25) is 4.79 Å². The number of carbonyl (C=O) groups excluding carboxylic acids is 1. The Kier molecular flexibility index (Phi) is 4.89. The molecule has 0 N–H and O–H groups in total. The highest BCUT2D eigenvalue weighted by atomic mass is 79.9. The minimum absolute atomic E-state index is 0.154. The summed E-state index contributed by atoms with van der Waals surface area (Å²) in [6.45, 7) is 0.659. The van der Waals surface area contributed by atoms with Gasteiger partial charge in [0.2, 0.25) is 0 Å². The van der Waals surface area contributed by atoms with Crippen molar-refractivity contribution in [3.05, 3.63) is 82.3 Å². The van der Waals surface area contributed by atoms with E-state index in [4.69, 9.17) is 4.74 Å². The first-order valence-corrected chi connectivity index (χ1v) is 9.53. The second-order valence-electron chi connectivity index (χ2n) is 6.46. The van der Waals surface area contributed by atoms with Gasteiger partial charge in [0.05, 0.1) is 17.3 Å². The number of fused-ring (bicyclic) bond motifs is 1. The van der Waals surface area contributed by atoms with Gasteiger partial charge in [-0.25, -0.2) is 4.98 Å². The summed E-state index contributed by atoms with van der Waals surface area (Å²) in [7, 11) is 0. The zero-order valence-electron chi connectivity index (χ0n) is 14.3. The van der Waals surface area contributed by atoms with Gasteiger partial charge in [-0.2, -0.15) is 0 Å². The van der Waals surface area contributed by atoms with E-state index in [0.717, 1.165) is 39.8 Å². The van der Waals surface area contributed by atoms with Crippen molar-refractivity contribution >= 4 is 21.7 Å². The first-order chi connectivity index (χ1) is 12.7. The van der Waals surface area contributed by atoms with E-state index in [1.807, 2.05) is 41.1 Å². The quantitative estimate of drug-likeness (QED) is 0.595. The summed E-state index contributed by atoms with van der Waals surface area (Å²) in [5.74, 6) is 0.990. The largest absolute Gasteiger partial charge is 0.483 e.